The molecule has 0 aliphatic rings. The highest BCUT2D eigenvalue weighted by atomic mass is 79.9. The Bertz CT molecular complexity index is 628. The maximum atomic E-state index is 12.0. The predicted octanol–water partition coefficient (Wildman–Crippen LogP) is 2.17. The zero-order chi connectivity index (χ0) is 18.3. The van der Waals surface area contributed by atoms with Gasteiger partial charge in [0, 0.05) is 16.5 Å². The zero-order valence-electron chi connectivity index (χ0n) is 13.4. The molecule has 0 spiro atoms. The number of nitrogens with two attached hydrogens (primary N) is 1. The van der Waals surface area contributed by atoms with Gasteiger partial charge in [0.25, 0.3) is 5.91 Å². The van der Waals surface area contributed by atoms with Crippen LogP contribution >= 0.6 is 15.9 Å². The number of primary amides is 1. The van der Waals surface area contributed by atoms with Crippen molar-refractivity contribution < 1.29 is 23.9 Å². The summed E-state index contributed by atoms with van der Waals surface area (Å²) in [7, 11) is 0. The van der Waals surface area contributed by atoms with Crippen LogP contribution in [0.3, 0.4) is 0 Å². The number of esters is 1. The lowest BCUT2D eigenvalue weighted by atomic mass is 10.1. The summed E-state index contributed by atoms with van der Waals surface area (Å²) in [6.07, 6.45) is -1.35. The number of imide groups is 1. The Balaban J connectivity index is 2.56. The van der Waals surface area contributed by atoms with E-state index in [0.717, 1.165) is 4.47 Å². The molecule has 0 bridgehead atoms. The van der Waals surface area contributed by atoms with Crippen LogP contribution in [0.25, 0.3) is 0 Å². The topological polar surface area (TPSA) is 116 Å². The van der Waals surface area contributed by atoms with E-state index in [-0.39, 0.29) is 24.5 Å². The van der Waals surface area contributed by atoms with Crippen molar-refractivity contribution in [3.8, 4) is 0 Å². The molecule has 8 heteroatoms. The standard InChI is InChI=1S/C16H19BrN2O5/c1-9(2)14(15(22)19-16(18)23)24-13(21)8-7-12(20)10-3-5-11(17)6-4-10/h3-6,9,14H,7-8H2,1-2H3,(H3,18,19,22,23)/t14-/m1/s1. The molecule has 0 radical (unpaired) electrons. The van der Waals surface area contributed by atoms with E-state index >= 15 is 0 Å². The molecule has 7 nitrogen and oxygen atoms in total. The van der Waals surface area contributed by atoms with Crippen molar-refractivity contribution in [1.29, 1.82) is 0 Å². The summed E-state index contributed by atoms with van der Waals surface area (Å²) < 4.78 is 5.91. The maximum absolute atomic E-state index is 12.0. The minimum absolute atomic E-state index is 0.0390. The third-order valence-corrected chi connectivity index (χ3v) is 3.62. The van der Waals surface area contributed by atoms with Crippen molar-refractivity contribution in [2.75, 3.05) is 0 Å². The van der Waals surface area contributed by atoms with Gasteiger partial charge in [0.05, 0.1) is 6.42 Å². The van der Waals surface area contributed by atoms with Gasteiger partial charge in [0.1, 0.15) is 0 Å². The van der Waals surface area contributed by atoms with Crippen molar-refractivity contribution in [3.63, 3.8) is 0 Å². The Labute approximate surface area is 148 Å². The maximum Gasteiger partial charge on any atom is 0.318 e. The highest BCUT2D eigenvalue weighted by Crippen LogP contribution is 2.14. The van der Waals surface area contributed by atoms with Gasteiger partial charge in [0.15, 0.2) is 11.9 Å². The fourth-order valence-corrected chi connectivity index (χ4v) is 2.15. The van der Waals surface area contributed by atoms with Crippen LogP contribution in [-0.2, 0) is 14.3 Å². The third-order valence-electron chi connectivity index (χ3n) is 3.09. The molecule has 3 N–H and O–H groups in total. The number of Topliss-reactive ketones (excluding diaryl/α,β-unsaturated/α-hetero) is 1. The Morgan fingerprint density at radius 2 is 1.71 bits per heavy atom. The first-order valence-electron chi connectivity index (χ1n) is 7.29. The highest BCUT2D eigenvalue weighted by molar-refractivity contribution is 9.10. The van der Waals surface area contributed by atoms with Gasteiger partial charge in [-0.25, -0.2) is 4.79 Å². The summed E-state index contributed by atoms with van der Waals surface area (Å²) in [6.45, 7) is 3.32. The number of urea groups is 1. The second kappa shape index (κ2) is 9.17. The predicted molar refractivity (Wildman–Crippen MR) is 90.2 cm³/mol. The van der Waals surface area contributed by atoms with E-state index in [9.17, 15) is 19.2 Å². The number of rotatable bonds is 7. The van der Waals surface area contributed by atoms with E-state index in [4.69, 9.17) is 10.5 Å². The number of carbonyl (C=O) groups excluding carboxylic acids is 4. The molecule has 24 heavy (non-hydrogen) atoms. The van der Waals surface area contributed by atoms with Crippen molar-refractivity contribution in [2.24, 2.45) is 11.7 Å². The minimum Gasteiger partial charge on any atom is -0.452 e. The zero-order valence-corrected chi connectivity index (χ0v) is 15.0. The number of halogens is 1. The number of ketones is 1. The van der Waals surface area contributed by atoms with Gasteiger partial charge < -0.3 is 10.5 Å². The van der Waals surface area contributed by atoms with Crippen molar-refractivity contribution in [3.05, 3.63) is 34.3 Å². The Morgan fingerprint density at radius 3 is 2.21 bits per heavy atom. The molecule has 0 aliphatic carbocycles. The Morgan fingerprint density at radius 1 is 1.12 bits per heavy atom. The Hall–Kier alpha value is -2.22. The van der Waals surface area contributed by atoms with Crippen LogP contribution in [0.5, 0.6) is 0 Å². The van der Waals surface area contributed by atoms with E-state index in [2.05, 4.69) is 15.9 Å². The number of hydrogen-bond donors (Lipinski definition) is 2. The summed E-state index contributed by atoms with van der Waals surface area (Å²) in [6, 6.07) is 5.74. The summed E-state index contributed by atoms with van der Waals surface area (Å²) in [4.78, 5) is 46.3. The lowest BCUT2D eigenvalue weighted by molar-refractivity contribution is -0.158. The average molecular weight is 399 g/mol. The third kappa shape index (κ3) is 6.49. The molecule has 1 aromatic carbocycles. The van der Waals surface area contributed by atoms with Crippen LogP contribution in [0.4, 0.5) is 4.79 Å². The molecule has 0 heterocycles. The average Bonchev–Trinajstić information content (AvgIpc) is 2.49. The van der Waals surface area contributed by atoms with E-state index in [1.807, 2.05) is 5.32 Å². The first-order chi connectivity index (χ1) is 11.2. The molecule has 0 aliphatic heterocycles. The van der Waals surface area contributed by atoms with Gasteiger partial charge in [-0.05, 0) is 18.1 Å². The van der Waals surface area contributed by atoms with Gasteiger partial charge in [-0.1, -0.05) is 41.9 Å². The van der Waals surface area contributed by atoms with Crippen LogP contribution in [0.2, 0.25) is 0 Å². The van der Waals surface area contributed by atoms with Crippen molar-refractivity contribution in [2.45, 2.75) is 32.8 Å². The monoisotopic (exact) mass is 398 g/mol. The van der Waals surface area contributed by atoms with Crippen LogP contribution in [0, 0.1) is 5.92 Å². The first-order valence-corrected chi connectivity index (χ1v) is 8.08. The lowest BCUT2D eigenvalue weighted by Crippen LogP contribution is -2.45. The molecule has 0 unspecified atom stereocenters. The molecular formula is C16H19BrN2O5. The number of nitrogens with one attached hydrogen (secondary N) is 1. The van der Waals surface area contributed by atoms with Gasteiger partial charge in [-0.15, -0.1) is 0 Å². The molecule has 1 rings (SSSR count). The number of carbonyl (C=O) groups is 4. The molecule has 1 aromatic rings. The first kappa shape index (κ1) is 19.8. The minimum atomic E-state index is -1.15. The van der Waals surface area contributed by atoms with Crippen LogP contribution in [0.15, 0.2) is 28.7 Å². The van der Waals surface area contributed by atoms with E-state index in [0.29, 0.717) is 5.56 Å². The molecular weight excluding hydrogens is 380 g/mol. The van der Waals surface area contributed by atoms with Gasteiger partial charge in [-0.3, -0.25) is 19.7 Å². The van der Waals surface area contributed by atoms with E-state index in [1.165, 1.54) is 0 Å². The summed E-state index contributed by atoms with van der Waals surface area (Å²) in [5.41, 5.74) is 5.36. The van der Waals surface area contributed by atoms with E-state index < -0.39 is 24.0 Å². The van der Waals surface area contributed by atoms with Crippen LogP contribution in [-0.4, -0.2) is 29.8 Å². The van der Waals surface area contributed by atoms with Crippen LogP contribution < -0.4 is 11.1 Å². The van der Waals surface area contributed by atoms with Crippen molar-refractivity contribution in [1.82, 2.24) is 5.32 Å². The molecule has 3 amide bonds. The number of benzene rings is 1. The highest BCUT2D eigenvalue weighted by Gasteiger charge is 2.27. The fraction of sp³-hybridized carbons (Fsp3) is 0.375. The summed E-state index contributed by atoms with van der Waals surface area (Å²) >= 11 is 3.27. The molecule has 0 saturated heterocycles. The second-order valence-electron chi connectivity index (χ2n) is 5.44. The smallest absolute Gasteiger partial charge is 0.318 e. The quantitative estimate of drug-likeness (QED) is 0.539. The molecule has 0 fully saturated rings. The normalized spacial score (nSPS) is 11.7. The number of hydrogen-bond acceptors (Lipinski definition) is 5. The van der Waals surface area contributed by atoms with Crippen molar-refractivity contribution >= 4 is 39.6 Å². The fourth-order valence-electron chi connectivity index (χ4n) is 1.88. The lowest BCUT2D eigenvalue weighted by Gasteiger charge is -2.19. The number of amides is 3. The van der Waals surface area contributed by atoms with E-state index in [1.54, 1.807) is 38.1 Å². The molecule has 1 atom stereocenters. The van der Waals surface area contributed by atoms with Gasteiger partial charge in [0.2, 0.25) is 0 Å². The van der Waals surface area contributed by atoms with Gasteiger partial charge >= 0.3 is 12.0 Å². The largest absolute Gasteiger partial charge is 0.452 e. The van der Waals surface area contributed by atoms with Crippen LogP contribution in [0.1, 0.15) is 37.0 Å². The molecule has 0 saturated carbocycles. The SMILES string of the molecule is CC(C)[C@@H](OC(=O)CCC(=O)c1ccc(Br)cc1)C(=O)NC(N)=O. The molecule has 130 valence electrons. The Kier molecular flexibility index (Phi) is 7.57. The van der Waals surface area contributed by atoms with Gasteiger partial charge in [-0.2, -0.15) is 0 Å². The summed E-state index contributed by atoms with van der Waals surface area (Å²) in [5, 5.41) is 1.88. The number of ether oxygens (including phenoxy) is 1. The second-order valence-corrected chi connectivity index (χ2v) is 6.35. The summed E-state index contributed by atoms with van der Waals surface area (Å²) in [5.74, 6) is -2.04. The molecule has 0 aromatic heterocycles.